The molecule has 1 unspecified atom stereocenters. The summed E-state index contributed by atoms with van der Waals surface area (Å²) in [5.74, 6) is -0.364. The molecule has 2 aromatic rings. The molecule has 0 N–H and O–H groups in total. The molecule has 24 heavy (non-hydrogen) atoms. The Morgan fingerprint density at radius 3 is 2.42 bits per heavy atom. The first-order valence-electron chi connectivity index (χ1n) is 8.25. The van der Waals surface area contributed by atoms with E-state index in [4.69, 9.17) is 9.47 Å². The van der Waals surface area contributed by atoms with Gasteiger partial charge in [0.05, 0.1) is 11.1 Å². The maximum atomic E-state index is 11.4. The van der Waals surface area contributed by atoms with Crippen molar-refractivity contribution in [2.24, 2.45) is 0 Å². The Labute approximate surface area is 141 Å². The lowest BCUT2D eigenvalue weighted by molar-refractivity contribution is 0.0364. The zero-order valence-electron chi connectivity index (χ0n) is 13.7. The molecule has 2 aromatic carbocycles. The summed E-state index contributed by atoms with van der Waals surface area (Å²) in [7, 11) is 0. The van der Waals surface area contributed by atoms with Gasteiger partial charge in [-0.1, -0.05) is 49.7 Å². The number of esters is 2. The third kappa shape index (κ3) is 3.32. The summed E-state index contributed by atoms with van der Waals surface area (Å²) in [4.78, 5) is 22.3. The van der Waals surface area contributed by atoms with Crippen LogP contribution in [0.15, 0.2) is 48.5 Å². The zero-order chi connectivity index (χ0) is 16.9. The van der Waals surface area contributed by atoms with E-state index in [1.54, 1.807) is 6.07 Å². The number of carbonyl (C=O) groups excluding carboxylic acids is 2. The van der Waals surface area contributed by atoms with Crippen molar-refractivity contribution in [3.05, 3.63) is 70.8 Å². The van der Waals surface area contributed by atoms with Gasteiger partial charge in [0.1, 0.15) is 12.7 Å². The Hall–Kier alpha value is -2.62. The summed E-state index contributed by atoms with van der Waals surface area (Å²) in [6, 6.07) is 15.1. The molecule has 124 valence electrons. The highest BCUT2D eigenvalue weighted by atomic mass is 16.5. The molecule has 0 aromatic heterocycles. The maximum Gasteiger partial charge on any atom is 0.339 e. The van der Waals surface area contributed by atoms with Gasteiger partial charge in [0.25, 0.3) is 0 Å². The molecule has 4 nitrogen and oxygen atoms in total. The molecule has 0 saturated heterocycles. The normalized spacial score (nSPS) is 17.3. The van der Waals surface area contributed by atoms with Gasteiger partial charge in [-0.3, -0.25) is 0 Å². The fraction of sp³-hybridized carbons (Fsp3) is 0.300. The van der Waals surface area contributed by atoms with Gasteiger partial charge in [-0.15, -0.1) is 0 Å². The summed E-state index contributed by atoms with van der Waals surface area (Å²) >= 11 is 0. The fourth-order valence-corrected chi connectivity index (χ4v) is 2.89. The summed E-state index contributed by atoms with van der Waals surface area (Å²) in [6.07, 6.45) is 3.18. The lowest BCUT2D eigenvalue weighted by Gasteiger charge is -2.08. The summed E-state index contributed by atoms with van der Waals surface area (Å²) < 4.78 is 10.1. The van der Waals surface area contributed by atoms with Gasteiger partial charge in [-0.05, 0) is 25.0 Å². The molecule has 4 heteroatoms. The van der Waals surface area contributed by atoms with Gasteiger partial charge in [0, 0.05) is 11.1 Å². The van der Waals surface area contributed by atoms with Crippen LogP contribution >= 0.6 is 0 Å². The second-order valence-electron chi connectivity index (χ2n) is 5.86. The van der Waals surface area contributed by atoms with Crippen molar-refractivity contribution >= 4 is 11.9 Å². The van der Waals surface area contributed by atoms with Gasteiger partial charge in [0.15, 0.2) is 0 Å². The highest BCUT2D eigenvalue weighted by Crippen LogP contribution is 2.33. The lowest BCUT2D eigenvalue weighted by Crippen LogP contribution is -1.98. The summed E-state index contributed by atoms with van der Waals surface area (Å²) in [5, 5.41) is 0. The highest BCUT2D eigenvalue weighted by molar-refractivity contribution is 5.94. The van der Waals surface area contributed by atoms with Gasteiger partial charge >= 0.3 is 11.9 Å². The molecular weight excluding hydrogens is 304 g/mol. The molecule has 2 heterocycles. The molecule has 0 saturated carbocycles. The van der Waals surface area contributed by atoms with Crippen molar-refractivity contribution in [3.8, 4) is 0 Å². The van der Waals surface area contributed by atoms with Crippen LogP contribution in [0.2, 0.25) is 0 Å². The van der Waals surface area contributed by atoms with Crippen LogP contribution in [0.25, 0.3) is 0 Å². The lowest BCUT2D eigenvalue weighted by atomic mass is 10.0. The van der Waals surface area contributed by atoms with Crippen molar-refractivity contribution in [2.45, 2.75) is 38.9 Å². The van der Waals surface area contributed by atoms with Gasteiger partial charge in [0.2, 0.25) is 0 Å². The number of rotatable bonds is 3. The first-order chi connectivity index (χ1) is 11.7. The van der Waals surface area contributed by atoms with Crippen LogP contribution in [0, 0.1) is 0 Å². The first-order valence-corrected chi connectivity index (χ1v) is 8.25. The predicted molar refractivity (Wildman–Crippen MR) is 89.7 cm³/mol. The van der Waals surface area contributed by atoms with E-state index in [1.165, 1.54) is 0 Å². The second kappa shape index (κ2) is 7.30. The van der Waals surface area contributed by atoms with Crippen LogP contribution < -0.4 is 0 Å². The Morgan fingerprint density at radius 2 is 1.67 bits per heavy atom. The quantitative estimate of drug-likeness (QED) is 0.783. The fourth-order valence-electron chi connectivity index (χ4n) is 2.89. The Balaban J connectivity index is 0.000000149. The van der Waals surface area contributed by atoms with Crippen LogP contribution in [-0.4, -0.2) is 11.9 Å². The van der Waals surface area contributed by atoms with Gasteiger partial charge < -0.3 is 9.47 Å². The van der Waals surface area contributed by atoms with E-state index in [0.29, 0.717) is 12.2 Å². The third-order valence-electron chi connectivity index (χ3n) is 4.19. The van der Waals surface area contributed by atoms with Gasteiger partial charge in [-0.2, -0.15) is 0 Å². The average Bonchev–Trinajstić information content (AvgIpc) is 3.15. The molecule has 4 rings (SSSR count). The molecular formula is C20H20O4. The minimum absolute atomic E-state index is 0.00125. The van der Waals surface area contributed by atoms with Crippen molar-refractivity contribution in [1.82, 2.24) is 0 Å². The number of hydrogen-bond donors (Lipinski definition) is 0. The van der Waals surface area contributed by atoms with E-state index in [0.717, 1.165) is 36.0 Å². The number of carbonyl (C=O) groups is 2. The van der Waals surface area contributed by atoms with E-state index in [9.17, 15) is 9.59 Å². The van der Waals surface area contributed by atoms with Crippen molar-refractivity contribution in [1.29, 1.82) is 0 Å². The SMILES string of the molecule is CCCCC1OC(=O)c2ccccc21.O=C1OCc2ccccc21. The van der Waals surface area contributed by atoms with E-state index < -0.39 is 0 Å². The van der Waals surface area contributed by atoms with E-state index in [-0.39, 0.29) is 18.0 Å². The molecule has 2 aliphatic heterocycles. The van der Waals surface area contributed by atoms with E-state index in [1.807, 2.05) is 42.5 Å². The Morgan fingerprint density at radius 1 is 0.958 bits per heavy atom. The van der Waals surface area contributed by atoms with Crippen LogP contribution in [0.1, 0.15) is 64.1 Å². The molecule has 0 aliphatic carbocycles. The van der Waals surface area contributed by atoms with Crippen molar-refractivity contribution in [2.75, 3.05) is 0 Å². The maximum absolute atomic E-state index is 11.4. The predicted octanol–water partition coefficient (Wildman–Crippen LogP) is 4.45. The largest absolute Gasteiger partial charge is 0.457 e. The van der Waals surface area contributed by atoms with Crippen LogP contribution in [0.5, 0.6) is 0 Å². The number of ether oxygens (including phenoxy) is 2. The Kier molecular flexibility index (Phi) is 4.94. The van der Waals surface area contributed by atoms with Crippen LogP contribution in [0.4, 0.5) is 0 Å². The van der Waals surface area contributed by atoms with Crippen molar-refractivity contribution < 1.29 is 19.1 Å². The number of cyclic esters (lactones) is 2. The number of hydrogen-bond acceptors (Lipinski definition) is 4. The Bertz CT molecular complexity index is 751. The zero-order valence-corrected chi connectivity index (χ0v) is 13.7. The summed E-state index contributed by atoms with van der Waals surface area (Å²) in [5.41, 5.74) is 3.51. The number of fused-ring (bicyclic) bond motifs is 2. The van der Waals surface area contributed by atoms with Crippen LogP contribution in [0.3, 0.4) is 0 Å². The molecule has 0 amide bonds. The van der Waals surface area contributed by atoms with Crippen molar-refractivity contribution in [3.63, 3.8) is 0 Å². The van der Waals surface area contributed by atoms with Gasteiger partial charge in [-0.25, -0.2) is 9.59 Å². The molecule has 0 bridgehead atoms. The summed E-state index contributed by atoms with van der Waals surface area (Å²) in [6.45, 7) is 2.58. The molecule has 0 radical (unpaired) electrons. The van der Waals surface area contributed by atoms with E-state index in [2.05, 4.69) is 6.92 Å². The smallest absolute Gasteiger partial charge is 0.339 e. The minimum Gasteiger partial charge on any atom is -0.457 e. The van der Waals surface area contributed by atoms with E-state index >= 15 is 0 Å². The third-order valence-corrected chi connectivity index (χ3v) is 4.19. The molecule has 0 spiro atoms. The second-order valence-corrected chi connectivity index (χ2v) is 5.86. The van der Waals surface area contributed by atoms with Crippen LogP contribution in [-0.2, 0) is 16.1 Å². The standard InChI is InChI=1S/C12H14O2.C8H6O2/c1-2-3-8-11-9-6-4-5-7-10(9)12(13)14-11;9-8-7-4-2-1-3-6(7)5-10-8/h4-7,11H,2-3,8H2,1H3;1-4H,5H2. The monoisotopic (exact) mass is 324 g/mol. The highest BCUT2D eigenvalue weighted by Gasteiger charge is 2.29. The first kappa shape index (κ1) is 16.2. The molecule has 0 fully saturated rings. The number of unbranched alkanes of at least 4 members (excludes halogenated alkanes) is 1. The molecule has 1 atom stereocenters. The average molecular weight is 324 g/mol. The topological polar surface area (TPSA) is 52.6 Å². The molecule has 2 aliphatic rings. The minimum atomic E-state index is -0.199. The number of benzene rings is 2.